The van der Waals surface area contributed by atoms with Crippen molar-refractivity contribution in [2.24, 2.45) is 0 Å². The minimum Gasteiger partial charge on any atom is -0.330 e. The van der Waals surface area contributed by atoms with Crippen molar-refractivity contribution in [1.82, 2.24) is 20.2 Å². The maximum atomic E-state index is 12.7. The molecule has 4 rings (SSSR count). The van der Waals surface area contributed by atoms with Crippen molar-refractivity contribution >= 4 is 34.1 Å². The first-order valence-electron chi connectivity index (χ1n) is 10.3. The Labute approximate surface area is 180 Å². The highest BCUT2D eigenvalue weighted by Gasteiger charge is 2.45. The maximum absolute atomic E-state index is 12.7. The summed E-state index contributed by atoms with van der Waals surface area (Å²) in [6.07, 6.45) is 3.65. The minimum atomic E-state index is -0.187. The molecule has 2 aromatic heterocycles. The second kappa shape index (κ2) is 7.96. The topological polar surface area (TPSA) is 90.5 Å². The van der Waals surface area contributed by atoms with Crippen LogP contribution in [0.25, 0.3) is 0 Å². The molecule has 3 amide bonds. The van der Waals surface area contributed by atoms with Gasteiger partial charge in [0, 0.05) is 54.2 Å². The summed E-state index contributed by atoms with van der Waals surface area (Å²) in [7, 11) is 0. The summed E-state index contributed by atoms with van der Waals surface area (Å²) < 4.78 is 0. The van der Waals surface area contributed by atoms with Crippen molar-refractivity contribution in [2.75, 3.05) is 29.9 Å². The Hall–Kier alpha value is -2.52. The Balaban J connectivity index is 1.41. The van der Waals surface area contributed by atoms with E-state index in [1.807, 2.05) is 37.1 Å². The number of carbonyl (C=O) groups excluding carboxylic acids is 2. The molecule has 160 valence electrons. The van der Waals surface area contributed by atoms with E-state index in [0.717, 1.165) is 47.9 Å². The highest BCUT2D eigenvalue weighted by atomic mass is 32.1. The summed E-state index contributed by atoms with van der Waals surface area (Å²) in [6.45, 7) is 10.1. The number of rotatable bonds is 4. The number of urea groups is 1. The van der Waals surface area contributed by atoms with Crippen LogP contribution in [0.1, 0.15) is 49.0 Å². The zero-order valence-corrected chi connectivity index (χ0v) is 18.7. The van der Waals surface area contributed by atoms with Crippen LogP contribution in [0.5, 0.6) is 0 Å². The van der Waals surface area contributed by atoms with E-state index in [2.05, 4.69) is 32.4 Å². The van der Waals surface area contributed by atoms with Gasteiger partial charge in [-0.25, -0.2) is 9.78 Å². The maximum Gasteiger partial charge on any atom is 0.322 e. The fraction of sp³-hybridized carbons (Fsp3) is 0.524. The van der Waals surface area contributed by atoms with Gasteiger partial charge < -0.3 is 10.6 Å². The van der Waals surface area contributed by atoms with Crippen LogP contribution in [-0.2, 0) is 4.79 Å². The van der Waals surface area contributed by atoms with Gasteiger partial charge in [-0.1, -0.05) is 0 Å². The van der Waals surface area contributed by atoms with Crippen molar-refractivity contribution in [1.29, 1.82) is 0 Å². The molecule has 0 aliphatic carbocycles. The van der Waals surface area contributed by atoms with E-state index >= 15 is 0 Å². The lowest BCUT2D eigenvalue weighted by molar-refractivity contribution is -0.114. The molecule has 1 atom stereocenters. The van der Waals surface area contributed by atoms with Crippen molar-refractivity contribution in [3.8, 4) is 0 Å². The van der Waals surface area contributed by atoms with Gasteiger partial charge >= 0.3 is 6.03 Å². The SMILES string of the molecule is CC(=O)Nc1ncc([C@H](C)N2CCC3(CC2)CN(c2cc(C)nc(C)c2)C(=O)N3)s1. The van der Waals surface area contributed by atoms with E-state index in [-0.39, 0.29) is 23.5 Å². The van der Waals surface area contributed by atoms with E-state index in [1.165, 1.54) is 18.3 Å². The number of thiazole rings is 1. The molecule has 2 saturated heterocycles. The summed E-state index contributed by atoms with van der Waals surface area (Å²) in [5.41, 5.74) is 2.57. The van der Waals surface area contributed by atoms with Crippen molar-refractivity contribution < 1.29 is 9.59 Å². The van der Waals surface area contributed by atoms with Gasteiger partial charge in [-0.05, 0) is 45.7 Å². The molecule has 2 fully saturated rings. The quantitative estimate of drug-likeness (QED) is 0.780. The molecule has 9 heteroatoms. The first kappa shape index (κ1) is 20.7. The van der Waals surface area contributed by atoms with Gasteiger partial charge in [-0.15, -0.1) is 11.3 Å². The van der Waals surface area contributed by atoms with Crippen LogP contribution in [0.2, 0.25) is 0 Å². The van der Waals surface area contributed by atoms with Crippen LogP contribution >= 0.6 is 11.3 Å². The molecule has 2 aromatic rings. The third-order valence-corrected chi connectivity index (χ3v) is 7.06. The van der Waals surface area contributed by atoms with Gasteiger partial charge in [-0.2, -0.15) is 0 Å². The molecular formula is C21H28N6O2S. The summed E-state index contributed by atoms with van der Waals surface area (Å²) >= 11 is 1.52. The van der Waals surface area contributed by atoms with Crippen molar-refractivity contribution in [3.63, 3.8) is 0 Å². The fourth-order valence-corrected chi connectivity index (χ4v) is 5.32. The van der Waals surface area contributed by atoms with Crippen LogP contribution in [0, 0.1) is 13.8 Å². The van der Waals surface area contributed by atoms with Gasteiger partial charge in [0.2, 0.25) is 5.91 Å². The molecule has 0 aromatic carbocycles. The third kappa shape index (κ3) is 4.17. The summed E-state index contributed by atoms with van der Waals surface area (Å²) in [5, 5.41) is 6.65. The molecule has 0 bridgehead atoms. The van der Waals surface area contributed by atoms with Crippen LogP contribution < -0.4 is 15.5 Å². The fourth-order valence-electron chi connectivity index (χ4n) is 4.38. The lowest BCUT2D eigenvalue weighted by atomic mass is 9.87. The highest BCUT2D eigenvalue weighted by Crippen LogP contribution is 2.36. The summed E-state index contributed by atoms with van der Waals surface area (Å²) in [6, 6.07) is 4.14. The number of hydrogen-bond acceptors (Lipinski definition) is 6. The first-order valence-corrected chi connectivity index (χ1v) is 11.1. The van der Waals surface area contributed by atoms with E-state index in [1.54, 1.807) is 0 Å². The number of piperidine rings is 1. The zero-order chi connectivity index (χ0) is 21.5. The van der Waals surface area contributed by atoms with E-state index in [4.69, 9.17) is 0 Å². The third-order valence-electron chi connectivity index (χ3n) is 5.98. The van der Waals surface area contributed by atoms with Gasteiger partial charge in [0.15, 0.2) is 5.13 Å². The Bertz CT molecular complexity index is 946. The number of carbonyl (C=O) groups is 2. The van der Waals surface area contributed by atoms with Crippen molar-refractivity contribution in [2.45, 2.75) is 52.1 Å². The van der Waals surface area contributed by atoms with Crippen LogP contribution in [-0.4, -0.2) is 52.0 Å². The monoisotopic (exact) mass is 428 g/mol. The number of amides is 3. The van der Waals surface area contributed by atoms with Gasteiger partial charge in [-0.3, -0.25) is 19.6 Å². The zero-order valence-electron chi connectivity index (χ0n) is 17.9. The Morgan fingerprint density at radius 1 is 1.27 bits per heavy atom. The smallest absolute Gasteiger partial charge is 0.322 e. The highest BCUT2D eigenvalue weighted by molar-refractivity contribution is 7.15. The standard InChI is InChI=1S/C21H28N6O2S/c1-13-9-17(10-14(2)23-13)27-12-21(25-20(27)29)5-7-26(8-6-21)15(3)18-11-22-19(30-18)24-16(4)28/h9-11,15H,5-8,12H2,1-4H3,(H,25,29)(H,22,24,28)/t15-/m0/s1. The van der Waals surface area contributed by atoms with Crippen LogP contribution in [0.15, 0.2) is 18.3 Å². The number of nitrogens with zero attached hydrogens (tertiary/aromatic N) is 4. The normalized spacial score (nSPS) is 19.7. The van der Waals surface area contributed by atoms with Gasteiger partial charge in [0.25, 0.3) is 0 Å². The van der Waals surface area contributed by atoms with E-state index in [0.29, 0.717) is 11.7 Å². The number of hydrogen-bond donors (Lipinski definition) is 2. The molecule has 2 aliphatic rings. The molecule has 1 spiro atoms. The Kier molecular flexibility index (Phi) is 5.50. The predicted octanol–water partition coefficient (Wildman–Crippen LogP) is 3.24. The number of aryl methyl sites for hydroxylation is 2. The van der Waals surface area contributed by atoms with Gasteiger partial charge in [0.1, 0.15) is 0 Å². The molecule has 0 unspecified atom stereocenters. The number of likely N-dealkylation sites (tertiary alicyclic amines) is 1. The molecule has 8 nitrogen and oxygen atoms in total. The van der Waals surface area contributed by atoms with E-state index in [9.17, 15) is 9.59 Å². The molecule has 0 saturated carbocycles. The lowest BCUT2D eigenvalue weighted by Gasteiger charge is -2.41. The number of nitrogens with one attached hydrogen (secondary N) is 2. The number of anilines is 2. The Morgan fingerprint density at radius 2 is 1.93 bits per heavy atom. The predicted molar refractivity (Wildman–Crippen MR) is 118 cm³/mol. The molecule has 4 heterocycles. The van der Waals surface area contributed by atoms with Crippen LogP contribution in [0.4, 0.5) is 15.6 Å². The van der Waals surface area contributed by atoms with E-state index < -0.39 is 0 Å². The minimum absolute atomic E-state index is 0.0242. The average Bonchev–Trinajstić information content (AvgIpc) is 3.25. The molecule has 30 heavy (non-hydrogen) atoms. The van der Waals surface area contributed by atoms with Crippen molar-refractivity contribution in [3.05, 3.63) is 34.6 Å². The molecule has 2 aliphatic heterocycles. The summed E-state index contributed by atoms with van der Waals surface area (Å²) in [5.74, 6) is -0.107. The van der Waals surface area contributed by atoms with Gasteiger partial charge in [0.05, 0.1) is 12.1 Å². The second-order valence-electron chi connectivity index (χ2n) is 8.37. The molecular weight excluding hydrogens is 400 g/mol. The Morgan fingerprint density at radius 3 is 2.57 bits per heavy atom. The number of pyridine rings is 1. The largest absolute Gasteiger partial charge is 0.330 e. The average molecular weight is 429 g/mol. The molecule has 0 radical (unpaired) electrons. The van der Waals surface area contributed by atoms with Crippen LogP contribution in [0.3, 0.4) is 0 Å². The first-order chi connectivity index (χ1) is 14.2. The molecule has 2 N–H and O–H groups in total. The second-order valence-corrected chi connectivity index (χ2v) is 9.43. The lowest BCUT2D eigenvalue weighted by Crippen LogP contribution is -2.52. The number of aromatic nitrogens is 2. The summed E-state index contributed by atoms with van der Waals surface area (Å²) in [4.78, 5) is 38.1.